The number of alkyl halides is 2. The van der Waals surface area contributed by atoms with E-state index in [-0.39, 0.29) is 17.8 Å². The van der Waals surface area contributed by atoms with Crippen molar-refractivity contribution in [3.63, 3.8) is 0 Å². The first kappa shape index (κ1) is 13.3. The maximum Gasteiger partial charge on any atom is 0.387 e. The summed E-state index contributed by atoms with van der Waals surface area (Å²) in [5, 5.41) is 9.65. The van der Waals surface area contributed by atoms with E-state index in [9.17, 15) is 13.9 Å². The van der Waals surface area contributed by atoms with Crippen LogP contribution in [0.25, 0.3) is 0 Å². The molecule has 1 fully saturated rings. The highest BCUT2D eigenvalue weighted by atomic mass is 19.3. The predicted molar refractivity (Wildman–Crippen MR) is 65.0 cm³/mol. The molecule has 0 amide bonds. The number of rotatable bonds is 4. The standard InChI is InChI=1S/C14H18F2O2/c1-9-5-4-6-10(11(9)18-12(15)16)14(8-17)7-13(14,2)3/h4-6,12,17H,7-8H2,1-3H3. The topological polar surface area (TPSA) is 29.5 Å². The van der Waals surface area contributed by atoms with E-state index in [0.717, 1.165) is 6.42 Å². The van der Waals surface area contributed by atoms with Crippen molar-refractivity contribution in [1.82, 2.24) is 0 Å². The van der Waals surface area contributed by atoms with E-state index in [1.807, 2.05) is 19.9 Å². The van der Waals surface area contributed by atoms with Crippen LogP contribution in [-0.4, -0.2) is 18.3 Å². The maximum atomic E-state index is 12.5. The number of benzene rings is 1. The van der Waals surface area contributed by atoms with Gasteiger partial charge in [-0.15, -0.1) is 0 Å². The molecule has 18 heavy (non-hydrogen) atoms. The number of aryl methyl sites for hydroxylation is 1. The summed E-state index contributed by atoms with van der Waals surface area (Å²) in [6.45, 7) is 2.89. The molecule has 1 aromatic carbocycles. The Hall–Kier alpha value is -1.16. The van der Waals surface area contributed by atoms with Crippen LogP contribution < -0.4 is 4.74 Å². The van der Waals surface area contributed by atoms with Crippen LogP contribution in [0, 0.1) is 12.3 Å². The lowest BCUT2D eigenvalue weighted by Gasteiger charge is -2.23. The van der Waals surface area contributed by atoms with Crippen LogP contribution in [0.5, 0.6) is 5.75 Å². The molecule has 1 aliphatic rings. The minimum Gasteiger partial charge on any atom is -0.434 e. The fourth-order valence-electron chi connectivity index (χ4n) is 2.80. The molecule has 1 aliphatic carbocycles. The average Bonchev–Trinajstić information content (AvgIpc) is 2.84. The lowest BCUT2D eigenvalue weighted by atomic mass is 9.87. The van der Waals surface area contributed by atoms with Crippen LogP contribution in [0.1, 0.15) is 31.4 Å². The molecular weight excluding hydrogens is 238 g/mol. The van der Waals surface area contributed by atoms with E-state index in [4.69, 9.17) is 0 Å². The Morgan fingerprint density at radius 3 is 2.44 bits per heavy atom. The van der Waals surface area contributed by atoms with E-state index in [1.165, 1.54) is 0 Å². The minimum absolute atomic E-state index is 0.0525. The van der Waals surface area contributed by atoms with Gasteiger partial charge < -0.3 is 9.84 Å². The molecule has 0 bridgehead atoms. The van der Waals surface area contributed by atoms with Gasteiger partial charge in [0.05, 0.1) is 6.61 Å². The Bertz CT molecular complexity index is 457. The van der Waals surface area contributed by atoms with Crippen molar-refractivity contribution in [3.05, 3.63) is 29.3 Å². The Morgan fingerprint density at radius 1 is 1.39 bits per heavy atom. The van der Waals surface area contributed by atoms with Crippen molar-refractivity contribution in [2.75, 3.05) is 6.61 Å². The van der Waals surface area contributed by atoms with Gasteiger partial charge in [-0.1, -0.05) is 32.0 Å². The first-order valence-electron chi connectivity index (χ1n) is 6.00. The van der Waals surface area contributed by atoms with Crippen molar-refractivity contribution in [2.24, 2.45) is 5.41 Å². The summed E-state index contributed by atoms with van der Waals surface area (Å²) in [5.74, 6) is 0.215. The monoisotopic (exact) mass is 256 g/mol. The molecule has 0 aliphatic heterocycles. The quantitative estimate of drug-likeness (QED) is 0.896. The Morgan fingerprint density at radius 2 is 2.00 bits per heavy atom. The van der Waals surface area contributed by atoms with Gasteiger partial charge in [-0.05, 0) is 24.3 Å². The summed E-state index contributed by atoms with van der Waals surface area (Å²) < 4.78 is 29.7. The van der Waals surface area contributed by atoms with Crippen molar-refractivity contribution in [3.8, 4) is 5.75 Å². The second-order valence-electron chi connectivity index (χ2n) is 5.63. The fourth-order valence-corrected chi connectivity index (χ4v) is 2.80. The summed E-state index contributed by atoms with van der Waals surface area (Å²) in [6, 6.07) is 5.33. The van der Waals surface area contributed by atoms with E-state index in [2.05, 4.69) is 4.74 Å². The van der Waals surface area contributed by atoms with Gasteiger partial charge >= 0.3 is 6.61 Å². The third kappa shape index (κ3) is 1.88. The Kier molecular flexibility index (Phi) is 3.09. The molecule has 0 heterocycles. The van der Waals surface area contributed by atoms with Crippen LogP contribution in [0.15, 0.2) is 18.2 Å². The largest absolute Gasteiger partial charge is 0.434 e. The molecule has 100 valence electrons. The zero-order chi connectivity index (χ0) is 13.6. The van der Waals surface area contributed by atoms with Gasteiger partial charge in [-0.3, -0.25) is 0 Å². The third-order valence-electron chi connectivity index (χ3n) is 4.12. The SMILES string of the molecule is Cc1cccc(C2(CO)CC2(C)C)c1OC(F)F. The maximum absolute atomic E-state index is 12.5. The van der Waals surface area contributed by atoms with Crippen molar-refractivity contribution >= 4 is 0 Å². The number of hydrogen-bond acceptors (Lipinski definition) is 2. The van der Waals surface area contributed by atoms with E-state index in [0.29, 0.717) is 11.1 Å². The number of aliphatic hydroxyl groups excluding tert-OH is 1. The van der Waals surface area contributed by atoms with Crippen molar-refractivity contribution in [1.29, 1.82) is 0 Å². The van der Waals surface area contributed by atoms with E-state index in [1.54, 1.807) is 19.1 Å². The number of para-hydroxylation sites is 1. The highest BCUT2D eigenvalue weighted by Gasteiger charge is 2.62. The summed E-state index contributed by atoms with van der Waals surface area (Å²) in [6.07, 6.45) is 0.777. The molecule has 1 atom stereocenters. The number of halogens is 2. The molecular formula is C14H18F2O2. The summed E-state index contributed by atoms with van der Waals surface area (Å²) in [5.41, 5.74) is 0.817. The Labute approximate surface area is 106 Å². The molecule has 1 aromatic rings. The average molecular weight is 256 g/mol. The first-order chi connectivity index (χ1) is 8.34. The van der Waals surface area contributed by atoms with Gasteiger partial charge in [0, 0.05) is 11.0 Å². The van der Waals surface area contributed by atoms with Crippen molar-refractivity contribution < 1.29 is 18.6 Å². The van der Waals surface area contributed by atoms with Gasteiger partial charge in [0.2, 0.25) is 0 Å². The summed E-state index contributed by atoms with van der Waals surface area (Å²) in [4.78, 5) is 0. The van der Waals surface area contributed by atoms with Gasteiger partial charge in [-0.25, -0.2) is 0 Å². The van der Waals surface area contributed by atoms with Gasteiger partial charge in [0.1, 0.15) is 5.75 Å². The molecule has 1 N–H and O–H groups in total. The molecule has 1 saturated carbocycles. The zero-order valence-corrected chi connectivity index (χ0v) is 10.8. The molecule has 4 heteroatoms. The van der Waals surface area contributed by atoms with E-state index >= 15 is 0 Å². The van der Waals surface area contributed by atoms with Gasteiger partial charge in [0.25, 0.3) is 0 Å². The van der Waals surface area contributed by atoms with Crippen molar-refractivity contribution in [2.45, 2.75) is 39.2 Å². The lowest BCUT2D eigenvalue weighted by Crippen LogP contribution is -2.21. The molecule has 2 nitrogen and oxygen atoms in total. The molecule has 0 radical (unpaired) electrons. The normalized spacial score (nSPS) is 25.3. The van der Waals surface area contributed by atoms with Gasteiger partial charge in [0.15, 0.2) is 0 Å². The Balaban J connectivity index is 2.48. The molecule has 0 spiro atoms. The smallest absolute Gasteiger partial charge is 0.387 e. The zero-order valence-electron chi connectivity index (χ0n) is 10.8. The predicted octanol–water partition coefficient (Wildman–Crippen LogP) is 3.26. The van der Waals surface area contributed by atoms with Crippen LogP contribution in [-0.2, 0) is 5.41 Å². The molecule has 0 aromatic heterocycles. The fraction of sp³-hybridized carbons (Fsp3) is 0.571. The first-order valence-corrected chi connectivity index (χ1v) is 6.00. The van der Waals surface area contributed by atoms with Crippen LogP contribution in [0.4, 0.5) is 8.78 Å². The lowest BCUT2D eigenvalue weighted by molar-refractivity contribution is -0.0515. The third-order valence-corrected chi connectivity index (χ3v) is 4.12. The minimum atomic E-state index is -2.84. The summed E-state index contributed by atoms with van der Waals surface area (Å²) >= 11 is 0. The second kappa shape index (κ2) is 4.19. The second-order valence-corrected chi connectivity index (χ2v) is 5.63. The number of ether oxygens (including phenoxy) is 1. The van der Waals surface area contributed by atoms with Crippen LogP contribution >= 0.6 is 0 Å². The molecule has 2 rings (SSSR count). The molecule has 0 saturated heterocycles. The number of hydrogen-bond donors (Lipinski definition) is 1. The van der Waals surface area contributed by atoms with Gasteiger partial charge in [-0.2, -0.15) is 8.78 Å². The summed E-state index contributed by atoms with van der Waals surface area (Å²) in [7, 11) is 0. The number of aliphatic hydroxyl groups is 1. The highest BCUT2D eigenvalue weighted by molar-refractivity contribution is 5.50. The molecule has 1 unspecified atom stereocenters. The van der Waals surface area contributed by atoms with Crippen LogP contribution in [0.3, 0.4) is 0 Å². The highest BCUT2D eigenvalue weighted by Crippen LogP contribution is 2.65. The van der Waals surface area contributed by atoms with E-state index < -0.39 is 12.0 Å². The van der Waals surface area contributed by atoms with Crippen LogP contribution in [0.2, 0.25) is 0 Å².